The fraction of sp³-hybridized carbons (Fsp3) is 0.308. The molecule has 0 aliphatic heterocycles. The third-order valence-corrected chi connectivity index (χ3v) is 4.11. The van der Waals surface area contributed by atoms with Crippen LogP contribution in [0.1, 0.15) is 25.5 Å². The molecule has 102 valence electrons. The van der Waals surface area contributed by atoms with Crippen LogP contribution in [0.4, 0.5) is 5.69 Å². The third-order valence-electron chi connectivity index (χ3n) is 2.91. The van der Waals surface area contributed by atoms with E-state index in [1.54, 1.807) is 7.11 Å². The molecule has 1 aromatic heterocycles. The Morgan fingerprint density at radius 1 is 1.26 bits per heavy atom. The molecule has 0 bridgehead atoms. The Morgan fingerprint density at radius 3 is 2.47 bits per heavy atom. The van der Waals surface area contributed by atoms with Crippen molar-refractivity contribution < 1.29 is 4.74 Å². The number of rotatable bonds is 3. The number of fused-ring (bicyclic) bond motifs is 1. The maximum Gasteiger partial charge on any atom is 0.144 e. The Morgan fingerprint density at radius 2 is 1.95 bits per heavy atom. The van der Waals surface area contributed by atoms with Gasteiger partial charge in [-0.15, -0.1) is 0 Å². The molecule has 0 saturated carbocycles. The molecule has 0 amide bonds. The zero-order chi connectivity index (χ0) is 14.2. The predicted molar refractivity (Wildman–Crippen MR) is 85.6 cm³/mol. The number of hydrazine groups is 1. The van der Waals surface area contributed by atoms with E-state index in [9.17, 15) is 0 Å². The lowest BCUT2D eigenvalue weighted by atomic mass is 10.1. The minimum absolute atomic E-state index is 0.318. The summed E-state index contributed by atoms with van der Waals surface area (Å²) in [5, 5.41) is 0.857. The number of nitrogens with one attached hydrogen (secondary N) is 1. The second-order valence-corrected chi connectivity index (χ2v) is 6.20. The highest BCUT2D eigenvalue weighted by Gasteiger charge is 2.17. The van der Waals surface area contributed by atoms with E-state index in [0.29, 0.717) is 11.7 Å². The van der Waals surface area contributed by atoms with E-state index >= 15 is 0 Å². The van der Waals surface area contributed by atoms with Gasteiger partial charge in [0.2, 0.25) is 0 Å². The van der Waals surface area contributed by atoms with Crippen molar-refractivity contribution in [2.75, 3.05) is 12.5 Å². The average molecular weight is 389 g/mol. The largest absolute Gasteiger partial charge is 0.495 e. The molecule has 0 aliphatic rings. The zero-order valence-electron chi connectivity index (χ0n) is 10.9. The molecule has 4 nitrogen and oxygen atoms in total. The highest BCUT2D eigenvalue weighted by atomic mass is 79.9. The van der Waals surface area contributed by atoms with Crippen LogP contribution in [0.2, 0.25) is 0 Å². The van der Waals surface area contributed by atoms with Crippen molar-refractivity contribution in [3.8, 4) is 5.75 Å². The van der Waals surface area contributed by atoms with Crippen LogP contribution in [-0.4, -0.2) is 12.1 Å². The number of methoxy groups -OCH3 is 1. The number of anilines is 1. The van der Waals surface area contributed by atoms with E-state index in [1.807, 2.05) is 12.1 Å². The Balaban J connectivity index is 2.92. The molecule has 0 radical (unpaired) electrons. The van der Waals surface area contributed by atoms with Crippen LogP contribution in [0.3, 0.4) is 0 Å². The lowest BCUT2D eigenvalue weighted by Gasteiger charge is -2.16. The Bertz CT molecular complexity index is 629. The summed E-state index contributed by atoms with van der Waals surface area (Å²) in [6.45, 7) is 4.19. The molecule has 2 rings (SSSR count). The van der Waals surface area contributed by atoms with E-state index in [-0.39, 0.29) is 0 Å². The molecule has 0 fully saturated rings. The smallest absolute Gasteiger partial charge is 0.144 e. The number of benzene rings is 1. The molecule has 0 atom stereocenters. The van der Waals surface area contributed by atoms with E-state index in [1.165, 1.54) is 0 Å². The molecule has 1 aromatic carbocycles. The zero-order valence-corrected chi connectivity index (χ0v) is 14.1. The minimum Gasteiger partial charge on any atom is -0.495 e. The molecule has 19 heavy (non-hydrogen) atoms. The van der Waals surface area contributed by atoms with Crippen molar-refractivity contribution in [2.24, 2.45) is 5.84 Å². The summed E-state index contributed by atoms with van der Waals surface area (Å²) in [5.41, 5.74) is 5.34. The van der Waals surface area contributed by atoms with Gasteiger partial charge in [-0.3, -0.25) is 10.8 Å². The fourth-order valence-corrected chi connectivity index (χ4v) is 3.35. The van der Waals surface area contributed by atoms with Crippen LogP contribution in [-0.2, 0) is 0 Å². The van der Waals surface area contributed by atoms with Crippen LogP contribution in [0.5, 0.6) is 5.75 Å². The Labute approximate surface area is 129 Å². The molecule has 3 N–H and O–H groups in total. The number of aromatic nitrogens is 1. The normalized spacial score (nSPS) is 11.1. The van der Waals surface area contributed by atoms with Gasteiger partial charge in [0.05, 0.1) is 28.2 Å². The summed E-state index contributed by atoms with van der Waals surface area (Å²) < 4.78 is 7.20. The average Bonchev–Trinajstić information content (AvgIpc) is 2.38. The Kier molecular flexibility index (Phi) is 4.32. The molecular formula is C13H15Br2N3O. The van der Waals surface area contributed by atoms with Crippen LogP contribution in [0.15, 0.2) is 21.1 Å². The molecule has 0 spiro atoms. The van der Waals surface area contributed by atoms with E-state index in [2.05, 4.69) is 56.1 Å². The second kappa shape index (κ2) is 5.64. The van der Waals surface area contributed by atoms with E-state index in [4.69, 9.17) is 10.6 Å². The van der Waals surface area contributed by atoms with Crippen molar-refractivity contribution in [1.29, 1.82) is 0 Å². The number of nitrogen functional groups attached to an aromatic ring is 1. The molecule has 2 aromatic rings. The summed E-state index contributed by atoms with van der Waals surface area (Å²) >= 11 is 7.03. The third kappa shape index (κ3) is 2.57. The summed E-state index contributed by atoms with van der Waals surface area (Å²) in [6.07, 6.45) is 0. The number of hydrogen-bond donors (Lipinski definition) is 2. The predicted octanol–water partition coefficient (Wildman–Crippen LogP) is 4.18. The number of pyridine rings is 1. The van der Waals surface area contributed by atoms with Gasteiger partial charge in [-0.2, -0.15) is 0 Å². The van der Waals surface area contributed by atoms with Crippen LogP contribution >= 0.6 is 31.9 Å². The fourth-order valence-electron chi connectivity index (χ4n) is 1.94. The van der Waals surface area contributed by atoms with Gasteiger partial charge in [-0.05, 0) is 49.9 Å². The van der Waals surface area contributed by atoms with Gasteiger partial charge in [-0.25, -0.2) is 0 Å². The quantitative estimate of drug-likeness (QED) is 0.611. The molecule has 1 heterocycles. The monoisotopic (exact) mass is 387 g/mol. The number of hydrogen-bond acceptors (Lipinski definition) is 4. The number of nitrogens with two attached hydrogens (primary N) is 1. The summed E-state index contributed by atoms with van der Waals surface area (Å²) in [7, 11) is 1.63. The molecule has 0 unspecified atom stereocenters. The lowest BCUT2D eigenvalue weighted by molar-refractivity contribution is 0.417. The van der Waals surface area contributed by atoms with Gasteiger partial charge in [0.15, 0.2) is 0 Å². The second-order valence-electron chi connectivity index (χ2n) is 4.49. The van der Waals surface area contributed by atoms with Crippen LogP contribution in [0, 0.1) is 0 Å². The van der Waals surface area contributed by atoms with Gasteiger partial charge >= 0.3 is 0 Å². The first kappa shape index (κ1) is 14.6. The highest BCUT2D eigenvalue weighted by molar-refractivity contribution is 9.11. The summed E-state index contributed by atoms with van der Waals surface area (Å²) in [5.74, 6) is 6.68. The van der Waals surface area contributed by atoms with Crippen molar-refractivity contribution in [3.63, 3.8) is 0 Å². The lowest BCUT2D eigenvalue weighted by Crippen LogP contribution is -2.09. The highest BCUT2D eigenvalue weighted by Crippen LogP contribution is 2.41. The van der Waals surface area contributed by atoms with Crippen LogP contribution in [0.25, 0.3) is 10.9 Å². The summed E-state index contributed by atoms with van der Waals surface area (Å²) in [4.78, 5) is 4.69. The minimum atomic E-state index is 0.318. The number of halogens is 2. The van der Waals surface area contributed by atoms with Crippen molar-refractivity contribution in [3.05, 3.63) is 26.8 Å². The first-order valence-corrected chi connectivity index (χ1v) is 7.41. The first-order chi connectivity index (χ1) is 8.99. The maximum absolute atomic E-state index is 5.64. The van der Waals surface area contributed by atoms with Gasteiger partial charge in [0, 0.05) is 10.2 Å². The van der Waals surface area contributed by atoms with E-state index < -0.39 is 0 Å². The number of nitrogens with zero attached hydrogens (tertiary/aromatic N) is 1. The van der Waals surface area contributed by atoms with Gasteiger partial charge in [-0.1, -0.05) is 13.8 Å². The number of ether oxygens (including phenoxy) is 1. The summed E-state index contributed by atoms with van der Waals surface area (Å²) in [6, 6.07) is 3.88. The van der Waals surface area contributed by atoms with Gasteiger partial charge < -0.3 is 10.2 Å². The molecule has 6 heteroatoms. The standard InChI is InChI=1S/C13H15Br2N3O/c1-6(2)9-5-10(18-16)11-12(17-9)7(14)4-8(15)13(11)19-3/h4-6H,16H2,1-3H3,(H,17,18). The first-order valence-electron chi connectivity index (χ1n) is 5.82. The topological polar surface area (TPSA) is 60.2 Å². The Hall–Kier alpha value is -0.850. The van der Waals surface area contributed by atoms with Crippen molar-refractivity contribution >= 4 is 48.5 Å². The molecule has 0 aliphatic carbocycles. The van der Waals surface area contributed by atoms with Gasteiger partial charge in [0.1, 0.15) is 5.75 Å². The SMILES string of the molecule is COc1c(Br)cc(Br)c2nc(C(C)C)cc(NN)c12. The van der Waals surface area contributed by atoms with E-state index in [0.717, 1.165) is 31.2 Å². The molecule has 0 saturated heterocycles. The van der Waals surface area contributed by atoms with Crippen molar-refractivity contribution in [1.82, 2.24) is 4.98 Å². The maximum atomic E-state index is 5.64. The van der Waals surface area contributed by atoms with Gasteiger partial charge in [0.25, 0.3) is 0 Å². The van der Waals surface area contributed by atoms with Crippen molar-refractivity contribution in [2.45, 2.75) is 19.8 Å². The van der Waals surface area contributed by atoms with Crippen LogP contribution < -0.4 is 16.0 Å². The molecular weight excluding hydrogens is 374 g/mol.